The summed E-state index contributed by atoms with van der Waals surface area (Å²) in [4.78, 5) is 26.7. The highest BCUT2D eigenvalue weighted by Crippen LogP contribution is 2.35. The average molecular weight is 388 g/mol. The number of H-pyrrole nitrogens is 1. The summed E-state index contributed by atoms with van der Waals surface area (Å²) in [6.45, 7) is 0. The van der Waals surface area contributed by atoms with Gasteiger partial charge < -0.3 is 15.5 Å². The van der Waals surface area contributed by atoms with Crippen molar-refractivity contribution in [2.75, 3.05) is 7.05 Å². The lowest BCUT2D eigenvalue weighted by Crippen LogP contribution is -2.38. The van der Waals surface area contributed by atoms with Crippen LogP contribution in [0.5, 0.6) is 11.5 Å². The quantitative estimate of drug-likeness (QED) is 0.272. The Kier molecular flexibility index (Phi) is 4.70. The zero-order valence-electron chi connectivity index (χ0n) is 14.0. The number of ether oxygens (including phenoxy) is 1. The van der Waals surface area contributed by atoms with Crippen LogP contribution in [-0.2, 0) is 0 Å². The molecule has 1 amide bonds. The summed E-state index contributed by atoms with van der Waals surface area (Å²) in [5.74, 6) is -0.569. The summed E-state index contributed by atoms with van der Waals surface area (Å²) < 4.78 is 5.62. The lowest BCUT2D eigenvalue weighted by atomic mass is 10.2. The number of carbonyl (C=O) groups excluding carboxylic acids is 1. The molecule has 0 atom stereocenters. The van der Waals surface area contributed by atoms with Gasteiger partial charge in [0, 0.05) is 30.6 Å². The number of para-hydroxylation sites is 2. The molecule has 0 unspecified atom stereocenters. The van der Waals surface area contributed by atoms with Gasteiger partial charge in [-0.15, -0.1) is 0 Å². The van der Waals surface area contributed by atoms with Gasteiger partial charge in [0.1, 0.15) is 11.4 Å². The van der Waals surface area contributed by atoms with Crippen LogP contribution in [0.4, 0.5) is 5.69 Å². The number of nitrogens with two attached hydrogens (primary N) is 1. The molecule has 10 heteroatoms. The third-order valence-electron chi connectivity index (χ3n) is 3.85. The first-order valence-corrected chi connectivity index (χ1v) is 8.01. The molecule has 4 N–H and O–H groups in total. The normalized spacial score (nSPS) is 10.6. The zero-order valence-corrected chi connectivity index (χ0v) is 14.8. The van der Waals surface area contributed by atoms with E-state index in [1.165, 1.54) is 37.4 Å². The fourth-order valence-corrected chi connectivity index (χ4v) is 2.72. The minimum absolute atomic E-state index is 0.0667. The standard InChI is InChI=1S/C17H14ClN5O4/c1-22(17(19)20)16(24)13-8-10-11(18)6-9(7-12(10)21-13)27-15-5-3-2-4-14(15)23(25)26/h2-8,21H,1H3,(H3,19,20). The minimum Gasteiger partial charge on any atom is -0.450 e. The SMILES string of the molecule is CN(C(=N)N)C(=O)c1cc2c(Cl)cc(Oc3ccccc3[N+](=O)[O-])cc2[nH]1. The Hall–Kier alpha value is -3.59. The number of hydrogen-bond acceptors (Lipinski definition) is 5. The molecular weight excluding hydrogens is 374 g/mol. The number of aromatic amines is 1. The third-order valence-corrected chi connectivity index (χ3v) is 4.16. The first-order chi connectivity index (χ1) is 12.8. The van der Waals surface area contributed by atoms with Gasteiger partial charge in [0.2, 0.25) is 5.75 Å². The third kappa shape index (κ3) is 3.53. The van der Waals surface area contributed by atoms with Crippen molar-refractivity contribution >= 4 is 40.1 Å². The summed E-state index contributed by atoms with van der Waals surface area (Å²) in [6, 6.07) is 10.6. The van der Waals surface area contributed by atoms with E-state index >= 15 is 0 Å². The van der Waals surface area contributed by atoms with Gasteiger partial charge in [0.15, 0.2) is 5.96 Å². The van der Waals surface area contributed by atoms with Crippen molar-refractivity contribution in [2.45, 2.75) is 0 Å². The molecule has 0 saturated carbocycles. The van der Waals surface area contributed by atoms with Gasteiger partial charge in [0.25, 0.3) is 5.91 Å². The van der Waals surface area contributed by atoms with Crippen molar-refractivity contribution in [1.82, 2.24) is 9.88 Å². The van der Waals surface area contributed by atoms with Crippen molar-refractivity contribution in [3.63, 3.8) is 0 Å². The van der Waals surface area contributed by atoms with E-state index in [-0.39, 0.29) is 22.9 Å². The van der Waals surface area contributed by atoms with E-state index in [0.29, 0.717) is 15.9 Å². The number of nitro groups is 1. The number of guanidine groups is 1. The number of fused-ring (bicyclic) bond motifs is 1. The average Bonchev–Trinajstić information content (AvgIpc) is 3.05. The lowest BCUT2D eigenvalue weighted by molar-refractivity contribution is -0.385. The summed E-state index contributed by atoms with van der Waals surface area (Å²) in [5, 5.41) is 19.3. The number of carbonyl (C=O) groups is 1. The summed E-state index contributed by atoms with van der Waals surface area (Å²) in [7, 11) is 1.38. The van der Waals surface area contributed by atoms with E-state index < -0.39 is 16.8 Å². The number of amides is 1. The molecule has 27 heavy (non-hydrogen) atoms. The Labute approximate surface area is 157 Å². The summed E-state index contributed by atoms with van der Waals surface area (Å²) >= 11 is 6.27. The highest BCUT2D eigenvalue weighted by molar-refractivity contribution is 6.35. The van der Waals surface area contributed by atoms with Crippen molar-refractivity contribution in [2.24, 2.45) is 5.73 Å². The Balaban J connectivity index is 1.99. The maximum Gasteiger partial charge on any atom is 0.311 e. The summed E-state index contributed by atoms with van der Waals surface area (Å²) in [6.07, 6.45) is 0. The van der Waals surface area contributed by atoms with Gasteiger partial charge in [-0.05, 0) is 12.1 Å². The topological polar surface area (TPSA) is 138 Å². The molecule has 0 spiro atoms. The highest BCUT2D eigenvalue weighted by atomic mass is 35.5. The van der Waals surface area contributed by atoms with Gasteiger partial charge in [0.05, 0.1) is 15.5 Å². The van der Waals surface area contributed by atoms with E-state index in [2.05, 4.69) is 4.98 Å². The molecule has 1 heterocycles. The number of nitrogens with one attached hydrogen (secondary N) is 2. The highest BCUT2D eigenvalue weighted by Gasteiger charge is 2.19. The largest absolute Gasteiger partial charge is 0.450 e. The molecule has 0 bridgehead atoms. The Morgan fingerprint density at radius 3 is 2.70 bits per heavy atom. The van der Waals surface area contributed by atoms with Crippen LogP contribution in [0.15, 0.2) is 42.5 Å². The van der Waals surface area contributed by atoms with Crippen LogP contribution < -0.4 is 10.5 Å². The number of rotatable bonds is 4. The number of aromatic nitrogens is 1. The fourth-order valence-electron chi connectivity index (χ4n) is 2.45. The molecule has 0 aliphatic rings. The number of hydrogen-bond donors (Lipinski definition) is 3. The monoisotopic (exact) mass is 387 g/mol. The second-order valence-corrected chi connectivity index (χ2v) is 6.03. The van der Waals surface area contributed by atoms with Crippen LogP contribution in [0, 0.1) is 15.5 Å². The van der Waals surface area contributed by atoms with E-state index in [9.17, 15) is 14.9 Å². The molecule has 3 aromatic rings. The molecule has 0 radical (unpaired) electrons. The van der Waals surface area contributed by atoms with Crippen LogP contribution in [0.3, 0.4) is 0 Å². The lowest BCUT2D eigenvalue weighted by Gasteiger charge is -2.12. The van der Waals surface area contributed by atoms with E-state index in [1.807, 2.05) is 0 Å². The maximum atomic E-state index is 12.3. The molecule has 0 aliphatic heterocycles. The molecule has 0 aliphatic carbocycles. The van der Waals surface area contributed by atoms with Crippen LogP contribution in [0.25, 0.3) is 10.9 Å². The second-order valence-electron chi connectivity index (χ2n) is 5.63. The van der Waals surface area contributed by atoms with Crippen LogP contribution >= 0.6 is 11.6 Å². The second kappa shape index (κ2) is 6.96. The number of nitro benzene ring substituents is 1. The van der Waals surface area contributed by atoms with Crippen molar-refractivity contribution < 1.29 is 14.5 Å². The molecular formula is C17H14ClN5O4. The molecule has 0 fully saturated rings. The van der Waals surface area contributed by atoms with Gasteiger partial charge in [-0.3, -0.25) is 25.2 Å². The first kappa shape index (κ1) is 18.2. The van der Waals surface area contributed by atoms with E-state index in [4.69, 9.17) is 27.5 Å². The molecule has 1 aromatic heterocycles. The molecule has 0 saturated heterocycles. The Bertz CT molecular complexity index is 1080. The molecule has 138 valence electrons. The Morgan fingerprint density at radius 1 is 1.33 bits per heavy atom. The minimum atomic E-state index is -0.543. The number of nitrogens with zero attached hydrogens (tertiary/aromatic N) is 2. The van der Waals surface area contributed by atoms with Gasteiger partial charge in [-0.2, -0.15) is 0 Å². The number of halogens is 1. The Morgan fingerprint density at radius 2 is 2.04 bits per heavy atom. The maximum absolute atomic E-state index is 12.3. The predicted molar refractivity (Wildman–Crippen MR) is 100 cm³/mol. The van der Waals surface area contributed by atoms with Crippen molar-refractivity contribution in [3.05, 3.63) is 63.3 Å². The van der Waals surface area contributed by atoms with Gasteiger partial charge >= 0.3 is 5.69 Å². The van der Waals surface area contributed by atoms with Crippen LogP contribution in [0.2, 0.25) is 5.02 Å². The summed E-state index contributed by atoms with van der Waals surface area (Å²) in [5.41, 5.74) is 5.82. The van der Waals surface area contributed by atoms with Gasteiger partial charge in [-0.1, -0.05) is 23.7 Å². The first-order valence-electron chi connectivity index (χ1n) is 7.63. The van der Waals surface area contributed by atoms with Crippen LogP contribution in [0.1, 0.15) is 10.5 Å². The fraction of sp³-hybridized carbons (Fsp3) is 0.0588. The molecule has 9 nitrogen and oxygen atoms in total. The van der Waals surface area contributed by atoms with E-state index in [1.54, 1.807) is 12.1 Å². The van der Waals surface area contributed by atoms with Gasteiger partial charge in [-0.25, -0.2) is 0 Å². The van der Waals surface area contributed by atoms with E-state index in [0.717, 1.165) is 4.90 Å². The molecule has 2 aromatic carbocycles. The van der Waals surface area contributed by atoms with Crippen LogP contribution in [-0.4, -0.2) is 33.7 Å². The number of benzene rings is 2. The van der Waals surface area contributed by atoms with Crippen molar-refractivity contribution in [3.8, 4) is 11.5 Å². The molecule has 3 rings (SSSR count). The predicted octanol–water partition coefficient (Wildman–Crippen LogP) is 3.49. The smallest absolute Gasteiger partial charge is 0.311 e. The van der Waals surface area contributed by atoms with Crippen molar-refractivity contribution in [1.29, 1.82) is 5.41 Å². The zero-order chi connectivity index (χ0) is 19.7.